The molecule has 7 aliphatic carbocycles. The van der Waals surface area contributed by atoms with Crippen molar-refractivity contribution in [3.05, 3.63) is 124 Å². The van der Waals surface area contributed by atoms with Gasteiger partial charge in [0.05, 0.1) is 98.1 Å². The van der Waals surface area contributed by atoms with E-state index in [1.54, 1.807) is 12.5 Å². The van der Waals surface area contributed by atoms with Crippen LogP contribution in [0.1, 0.15) is 295 Å². The highest BCUT2D eigenvalue weighted by atomic mass is 16.7. The molecule has 17 rings (SSSR count). The molecule has 1 spiro atoms. The molecule has 9 N–H and O–H groups in total. The van der Waals surface area contributed by atoms with Gasteiger partial charge in [0.25, 0.3) is 0 Å². The van der Waals surface area contributed by atoms with E-state index in [1.807, 2.05) is 20.8 Å². The monoisotopic (exact) mass is 1810 g/mol. The fraction of sp³-hybridized carbons (Fsp3) is 0.709. The Morgan fingerprint density at radius 2 is 1.05 bits per heavy atom. The number of aromatic nitrogens is 5. The molecule has 0 aromatic carbocycles. The Morgan fingerprint density at radius 1 is 0.538 bits per heavy atom. The number of Topliss-reactive ketones (excluding diaryl/α,β-unsaturated/α-hetero) is 4. The summed E-state index contributed by atoms with van der Waals surface area (Å²) >= 11 is 0. The van der Waals surface area contributed by atoms with Crippen molar-refractivity contribution in [2.24, 2.45) is 9.98 Å². The Balaban J connectivity index is 0.000000148. The van der Waals surface area contributed by atoms with Crippen LogP contribution in [-0.2, 0) is 130 Å². The zero-order chi connectivity index (χ0) is 92.9. The molecule has 27 nitrogen and oxygen atoms in total. The number of aromatic amines is 4. The van der Waals surface area contributed by atoms with Gasteiger partial charge in [-0.3, -0.25) is 39.0 Å². The Bertz CT molecular complexity index is 4580. The molecular formula is C103H163N13O14. The first-order valence-corrected chi connectivity index (χ1v) is 50.2. The molecule has 7 fully saturated rings. The van der Waals surface area contributed by atoms with Crippen LogP contribution in [0.4, 0.5) is 0 Å². The van der Waals surface area contributed by atoms with E-state index in [9.17, 15) is 29.4 Å². The average Bonchev–Trinajstić information content (AvgIpc) is 1.60. The second-order valence-corrected chi connectivity index (χ2v) is 37.0. The molecule has 27 heteroatoms. The van der Waals surface area contributed by atoms with Gasteiger partial charge >= 0.3 is 0 Å². The number of morpholine rings is 4. The number of nitrogens with one attached hydrogen (secondary N) is 6. The van der Waals surface area contributed by atoms with Gasteiger partial charge in [-0.15, -0.1) is 0 Å². The van der Waals surface area contributed by atoms with Crippen LogP contribution in [0.5, 0.6) is 0 Å². The highest BCUT2D eigenvalue weighted by molar-refractivity contribution is 6.05. The van der Waals surface area contributed by atoms with Gasteiger partial charge in [0.1, 0.15) is 17.6 Å². The van der Waals surface area contributed by atoms with E-state index >= 15 is 0 Å². The average molecular weight is 1810 g/mol. The number of rotatable bonds is 23. The number of hydrogen-bond donors (Lipinski definition) is 9. The lowest BCUT2D eigenvalue weighted by atomic mass is 9.87. The molecule has 0 bridgehead atoms. The predicted molar refractivity (Wildman–Crippen MR) is 516 cm³/mol. The number of ether oxygens (including phenoxy) is 7. The number of allylic oxidation sites excluding steroid dienone is 1. The summed E-state index contributed by atoms with van der Waals surface area (Å²) in [6.45, 7) is 51.2. The highest BCUT2D eigenvalue weighted by Gasteiger charge is 2.44. The summed E-state index contributed by atoms with van der Waals surface area (Å²) < 4.78 is 42.6. The van der Waals surface area contributed by atoms with Gasteiger partial charge in [-0.05, 0) is 210 Å². The first-order valence-electron chi connectivity index (χ1n) is 50.2. The van der Waals surface area contributed by atoms with Crippen LogP contribution in [0, 0.1) is 34.6 Å². The second-order valence-electron chi connectivity index (χ2n) is 37.0. The lowest BCUT2D eigenvalue weighted by Crippen LogP contribution is -2.43. The van der Waals surface area contributed by atoms with Crippen LogP contribution >= 0.6 is 0 Å². The van der Waals surface area contributed by atoms with Crippen LogP contribution in [0.25, 0.3) is 11.4 Å². The van der Waals surface area contributed by atoms with Crippen LogP contribution in [0.15, 0.2) is 21.6 Å². The summed E-state index contributed by atoms with van der Waals surface area (Å²) in [7, 11) is 0. The molecule has 5 aromatic rings. The van der Waals surface area contributed by atoms with E-state index in [-0.39, 0.29) is 42.1 Å². The minimum atomic E-state index is -1.16. The zero-order valence-electron chi connectivity index (χ0n) is 82.0. The van der Waals surface area contributed by atoms with Crippen molar-refractivity contribution in [1.82, 2.24) is 54.7 Å². The number of H-pyrrole nitrogens is 4. The number of ketones is 4. The summed E-state index contributed by atoms with van der Waals surface area (Å²) in [4.78, 5) is 78.8. The number of carbonyl (C=O) groups excluding carboxylic acids is 4. The van der Waals surface area contributed by atoms with Crippen molar-refractivity contribution in [3.63, 3.8) is 0 Å². The lowest BCUT2D eigenvalue weighted by Gasteiger charge is -2.39. The predicted octanol–water partition coefficient (Wildman–Crippen LogP) is 13.5. The largest absolute Gasteiger partial charge is 0.395 e. The van der Waals surface area contributed by atoms with Crippen LogP contribution in [-0.4, -0.2) is 277 Å². The van der Waals surface area contributed by atoms with E-state index < -0.39 is 11.6 Å². The molecule has 0 radical (unpaired) electrons. The molecule has 130 heavy (non-hydrogen) atoms. The van der Waals surface area contributed by atoms with Crippen LogP contribution in [0.2, 0.25) is 0 Å². The van der Waals surface area contributed by atoms with Gasteiger partial charge in [-0.25, -0.2) is 0 Å². The van der Waals surface area contributed by atoms with Gasteiger partial charge in [0.15, 0.2) is 23.1 Å². The number of aliphatic imine (C=N–C) groups is 2. The van der Waals surface area contributed by atoms with E-state index in [0.717, 1.165) is 294 Å². The van der Waals surface area contributed by atoms with E-state index in [2.05, 4.69) is 140 Å². The maximum atomic E-state index is 12.3. The topological polar surface area (TPSA) is 323 Å². The molecule has 4 atom stereocenters. The Morgan fingerprint density at radius 3 is 1.62 bits per heavy atom. The Kier molecular flexibility index (Phi) is 41.0. The molecule has 12 aliphatic rings. The van der Waals surface area contributed by atoms with E-state index in [0.29, 0.717) is 83.6 Å². The third-order valence-electron chi connectivity index (χ3n) is 28.1. The van der Waals surface area contributed by atoms with E-state index in [1.165, 1.54) is 108 Å². The first-order chi connectivity index (χ1) is 63.0. The van der Waals surface area contributed by atoms with Gasteiger partial charge in [0.2, 0.25) is 0 Å². The number of carbonyl (C=O) groups is 4. The SMILES string of the molecule is CCC(=O)C(C)N=C1CCCC(=O)C1.CCC(O)C(C)N=C1CCCC(=O)C1.CCc1c(C)[nH]c2c1C(N1CCOCC1)=C(CN1CCOCC1)CC2.CCc1c(C)[nH]c2c1C(N1CCOCC1)=CCC2.CCc1c(C)[nH]c2c1C(O)(OCCNCCO)CCC2.CCc1c(C)[nH]c2c1C1(CCC2)OCCNCCO1.CCc1c2c(n(CN3CCOCC3)c1C)CCCC2=O. The quantitative estimate of drug-likeness (QED) is 0.0217. The first kappa shape index (κ1) is 103. The molecule has 0 amide bonds. The number of aliphatic hydroxyl groups excluding tert-OH is 2. The van der Waals surface area contributed by atoms with Crippen LogP contribution in [0.3, 0.4) is 0 Å². The maximum absolute atomic E-state index is 12.3. The minimum absolute atomic E-state index is 0.0686. The van der Waals surface area contributed by atoms with Crippen molar-refractivity contribution in [2.45, 2.75) is 313 Å². The number of hydrogen-bond acceptors (Lipinski definition) is 22. The molecule has 2 saturated carbocycles. The van der Waals surface area contributed by atoms with Crippen molar-refractivity contribution in [2.75, 3.05) is 164 Å². The third-order valence-corrected chi connectivity index (χ3v) is 28.1. The molecule has 5 aliphatic heterocycles. The van der Waals surface area contributed by atoms with Gasteiger partial charge in [-0.1, -0.05) is 54.5 Å². The summed E-state index contributed by atoms with van der Waals surface area (Å²) in [6, 6.07) is -0.332. The van der Waals surface area contributed by atoms with Gasteiger partial charge in [0, 0.05) is 244 Å². The molecule has 4 unspecified atom stereocenters. The Hall–Kier alpha value is -7.06. The molecule has 10 heterocycles. The molecule has 724 valence electrons. The van der Waals surface area contributed by atoms with Crippen molar-refractivity contribution >= 4 is 46.0 Å². The highest BCUT2D eigenvalue weighted by Crippen LogP contribution is 2.45. The molecule has 5 aromatic heterocycles. The lowest BCUT2D eigenvalue weighted by molar-refractivity contribution is -0.258. The minimum Gasteiger partial charge on any atom is -0.395 e. The normalized spacial score (nSPS) is 22.0. The van der Waals surface area contributed by atoms with E-state index in [4.69, 9.17) is 38.3 Å². The maximum Gasteiger partial charge on any atom is 0.196 e. The molecule has 5 saturated heterocycles. The van der Waals surface area contributed by atoms with Gasteiger partial charge in [-0.2, -0.15) is 0 Å². The number of fused-ring (bicyclic) bond motifs is 6. The van der Waals surface area contributed by atoms with Crippen molar-refractivity contribution in [3.8, 4) is 0 Å². The summed E-state index contributed by atoms with van der Waals surface area (Å²) in [5.74, 6) is -0.613. The second kappa shape index (κ2) is 51.6. The third kappa shape index (κ3) is 27.0. The fourth-order valence-electron chi connectivity index (χ4n) is 21.3. The summed E-state index contributed by atoms with van der Waals surface area (Å²) in [5, 5.41) is 35.5. The number of aryl methyl sites for hydroxylation is 8. The number of aliphatic hydroxyl groups is 3. The summed E-state index contributed by atoms with van der Waals surface area (Å²) in [6.07, 6.45) is 27.5. The van der Waals surface area contributed by atoms with Crippen molar-refractivity contribution in [1.29, 1.82) is 0 Å². The van der Waals surface area contributed by atoms with Crippen LogP contribution < -0.4 is 10.6 Å². The van der Waals surface area contributed by atoms with Crippen molar-refractivity contribution < 1.29 is 67.7 Å². The Labute approximate surface area is 776 Å². The van der Waals surface area contributed by atoms with Gasteiger partial charge < -0.3 is 93.4 Å². The smallest absolute Gasteiger partial charge is 0.196 e. The fourth-order valence-corrected chi connectivity index (χ4v) is 21.3. The molecular weight excluding hydrogens is 1640 g/mol. The zero-order valence-corrected chi connectivity index (χ0v) is 82.0. The number of nitrogens with zero attached hydrogens (tertiary/aromatic N) is 7. The standard InChI is InChI=1S/C20H31N3O2.C16H24N2O2.C15H26N2O3.C15H24N2O2.C15H22N2O.C11H19NO2.C11H17NO2/c1-3-17-15(2)21-18-5-4-16(14-22-6-10-24-11-7-22)20(19(17)18)23-8-12-25-13-9-23;1-3-13-12(2)18(11-17-7-9-20-10-8-17)14-5-4-6-15(19)16(13)14;1-3-12-11(2)17-13-5-4-6-15(19,14(12)13)20-10-8-16-7-9-18;1-3-12-11(2)17-13-5-4-6-15(14(12)13)18-9-7-16-8-10-19-15;1-3-12-11(2)16-13-5-4-6-14(15(12)13)17-7-9-18-10-8-17;2*1-3-11(14)8(2)12-9-5-4-6-10(13)7-9/h21H,3-14H2,1-2H3;3-11H2,1-2H3;16-19H,3-10H2,1-2H3;16-17H,3-10H2,1-2H3;6,16H,3-5,7-10H2,1-2H3;8,11,14H,3-7H2,1-2H3;8H,3-7H2,1-2H3. The summed E-state index contributed by atoms with van der Waals surface area (Å²) in [5.41, 5.74) is 32.7.